The first-order valence-electron chi connectivity index (χ1n) is 4.62. The number of aliphatic hydroxyl groups excluding tert-OH is 1. The van der Waals surface area contributed by atoms with E-state index in [4.69, 9.17) is 5.11 Å². The van der Waals surface area contributed by atoms with Crippen molar-refractivity contribution in [3.8, 4) is 0 Å². The van der Waals surface area contributed by atoms with E-state index in [0.717, 1.165) is 0 Å². The van der Waals surface area contributed by atoms with Gasteiger partial charge in [0, 0.05) is 19.2 Å². The molecule has 0 radical (unpaired) electrons. The largest absolute Gasteiger partial charge is 0.480 e. The fourth-order valence-corrected chi connectivity index (χ4v) is 1.75. The van der Waals surface area contributed by atoms with Crippen molar-refractivity contribution in [3.05, 3.63) is 18.6 Å². The number of aliphatic carboxylic acids is 1. The third-order valence-electron chi connectivity index (χ3n) is 2.42. The lowest BCUT2D eigenvalue weighted by molar-refractivity contribution is -0.138. The third-order valence-corrected chi connectivity index (χ3v) is 2.42. The summed E-state index contributed by atoms with van der Waals surface area (Å²) in [5.74, 6) is -0.404. The highest BCUT2D eigenvalue weighted by Gasteiger charge is 2.36. The summed E-state index contributed by atoms with van der Waals surface area (Å²) < 4.78 is 0. The number of aliphatic hydroxyl groups is 1. The molecule has 0 saturated carbocycles. The Labute approximate surface area is 86.2 Å². The van der Waals surface area contributed by atoms with Crippen LogP contribution in [0.4, 0.5) is 5.82 Å². The van der Waals surface area contributed by atoms with Gasteiger partial charge in [0.25, 0.3) is 0 Å². The number of rotatable bonds is 2. The van der Waals surface area contributed by atoms with E-state index in [2.05, 4.69) is 9.97 Å². The van der Waals surface area contributed by atoms with Crippen molar-refractivity contribution in [1.82, 2.24) is 9.97 Å². The van der Waals surface area contributed by atoms with Gasteiger partial charge in [-0.15, -0.1) is 0 Å². The first-order valence-corrected chi connectivity index (χ1v) is 4.62. The predicted molar refractivity (Wildman–Crippen MR) is 51.4 cm³/mol. The standard InChI is InChI=1S/C9H11N3O3/c13-6-3-7(9(14)15)12(4-6)8-1-2-10-5-11-8/h1-2,5-7,13H,3-4H2,(H,14,15)/t6-,7+/m1/s1. The minimum atomic E-state index is -0.940. The maximum absolute atomic E-state index is 10.9. The molecule has 0 unspecified atom stereocenters. The lowest BCUT2D eigenvalue weighted by atomic mass is 10.2. The molecule has 1 aromatic rings. The van der Waals surface area contributed by atoms with Gasteiger partial charge in [0.05, 0.1) is 6.10 Å². The van der Waals surface area contributed by atoms with E-state index < -0.39 is 18.1 Å². The van der Waals surface area contributed by atoms with Crippen molar-refractivity contribution >= 4 is 11.8 Å². The molecule has 1 fully saturated rings. The molecular weight excluding hydrogens is 198 g/mol. The van der Waals surface area contributed by atoms with Gasteiger partial charge in [0.15, 0.2) is 0 Å². The number of hydrogen-bond acceptors (Lipinski definition) is 5. The van der Waals surface area contributed by atoms with Crippen LogP contribution in [0.15, 0.2) is 18.6 Å². The number of aromatic nitrogens is 2. The summed E-state index contributed by atoms with van der Waals surface area (Å²) in [6, 6.07) is 0.934. The Bertz CT molecular complexity index is 357. The quantitative estimate of drug-likeness (QED) is 0.683. The van der Waals surface area contributed by atoms with Crippen LogP contribution in [0.5, 0.6) is 0 Å². The monoisotopic (exact) mass is 209 g/mol. The summed E-state index contributed by atoms with van der Waals surface area (Å²) in [5, 5.41) is 18.4. The number of nitrogens with zero attached hydrogens (tertiary/aromatic N) is 3. The SMILES string of the molecule is O=C(O)[C@@H]1C[C@@H](O)CN1c1ccncn1. The van der Waals surface area contributed by atoms with E-state index in [9.17, 15) is 9.90 Å². The van der Waals surface area contributed by atoms with E-state index in [0.29, 0.717) is 12.4 Å². The molecule has 0 bridgehead atoms. The molecule has 0 spiro atoms. The van der Waals surface area contributed by atoms with Crippen molar-refractivity contribution in [2.75, 3.05) is 11.4 Å². The molecule has 2 atom stereocenters. The summed E-state index contributed by atoms with van der Waals surface area (Å²) in [6.45, 7) is 0.300. The zero-order chi connectivity index (χ0) is 10.8. The molecule has 80 valence electrons. The molecule has 2 rings (SSSR count). The van der Waals surface area contributed by atoms with Crippen molar-refractivity contribution in [1.29, 1.82) is 0 Å². The molecule has 0 amide bonds. The molecule has 1 aliphatic heterocycles. The van der Waals surface area contributed by atoms with Gasteiger partial charge in [-0.05, 0) is 6.07 Å². The summed E-state index contributed by atoms with van der Waals surface area (Å²) in [7, 11) is 0. The number of carbonyl (C=O) groups is 1. The van der Waals surface area contributed by atoms with E-state index >= 15 is 0 Å². The summed E-state index contributed by atoms with van der Waals surface area (Å²) in [4.78, 5) is 20.2. The van der Waals surface area contributed by atoms with Gasteiger partial charge in [0.1, 0.15) is 18.2 Å². The summed E-state index contributed by atoms with van der Waals surface area (Å²) >= 11 is 0. The lowest BCUT2D eigenvalue weighted by Gasteiger charge is -2.21. The van der Waals surface area contributed by atoms with Gasteiger partial charge in [-0.3, -0.25) is 0 Å². The molecule has 1 aromatic heterocycles. The highest BCUT2D eigenvalue weighted by Crippen LogP contribution is 2.23. The molecule has 1 aliphatic rings. The maximum Gasteiger partial charge on any atom is 0.326 e. The van der Waals surface area contributed by atoms with Gasteiger partial charge in [-0.1, -0.05) is 0 Å². The van der Waals surface area contributed by atoms with Crippen LogP contribution in [-0.4, -0.2) is 44.8 Å². The molecular formula is C9H11N3O3. The predicted octanol–water partition coefficient (Wildman–Crippen LogP) is -0.499. The van der Waals surface area contributed by atoms with Gasteiger partial charge < -0.3 is 15.1 Å². The number of carboxylic acid groups (broad SMARTS) is 1. The van der Waals surface area contributed by atoms with Crippen molar-refractivity contribution < 1.29 is 15.0 Å². The van der Waals surface area contributed by atoms with Crippen LogP contribution in [0.2, 0.25) is 0 Å². The van der Waals surface area contributed by atoms with E-state index in [1.165, 1.54) is 6.33 Å². The molecule has 2 heterocycles. The molecule has 1 saturated heterocycles. The lowest BCUT2D eigenvalue weighted by Crippen LogP contribution is -2.36. The number of β-amino-alcohol motifs (C(OH)–C–C–N with tert-alkyl or cyclic N) is 1. The molecule has 0 aliphatic carbocycles. The Kier molecular flexibility index (Phi) is 2.51. The second-order valence-electron chi connectivity index (χ2n) is 3.46. The van der Waals surface area contributed by atoms with Gasteiger partial charge in [0.2, 0.25) is 0 Å². The Balaban J connectivity index is 2.24. The second kappa shape index (κ2) is 3.82. The molecule has 15 heavy (non-hydrogen) atoms. The molecule has 6 nitrogen and oxygen atoms in total. The Morgan fingerprint density at radius 3 is 3.00 bits per heavy atom. The summed E-state index contributed by atoms with van der Waals surface area (Å²) in [5.41, 5.74) is 0. The smallest absolute Gasteiger partial charge is 0.326 e. The fraction of sp³-hybridized carbons (Fsp3) is 0.444. The van der Waals surface area contributed by atoms with Crippen LogP contribution < -0.4 is 4.90 Å². The maximum atomic E-state index is 10.9. The summed E-state index contributed by atoms with van der Waals surface area (Å²) in [6.07, 6.45) is 2.53. The van der Waals surface area contributed by atoms with E-state index in [1.807, 2.05) is 0 Å². The van der Waals surface area contributed by atoms with Crippen LogP contribution in [0.25, 0.3) is 0 Å². The van der Waals surface area contributed by atoms with Crippen LogP contribution in [-0.2, 0) is 4.79 Å². The van der Waals surface area contributed by atoms with Crippen LogP contribution in [0.1, 0.15) is 6.42 Å². The third kappa shape index (κ3) is 1.89. The van der Waals surface area contributed by atoms with Crippen LogP contribution >= 0.6 is 0 Å². The topological polar surface area (TPSA) is 86.5 Å². The van der Waals surface area contributed by atoms with Crippen molar-refractivity contribution in [2.45, 2.75) is 18.6 Å². The molecule has 2 N–H and O–H groups in total. The zero-order valence-electron chi connectivity index (χ0n) is 7.95. The number of hydrogen-bond donors (Lipinski definition) is 2. The van der Waals surface area contributed by atoms with Crippen molar-refractivity contribution in [3.63, 3.8) is 0 Å². The number of carboxylic acids is 1. The number of anilines is 1. The van der Waals surface area contributed by atoms with Gasteiger partial charge in [-0.2, -0.15) is 0 Å². The molecule has 6 heteroatoms. The highest BCUT2D eigenvalue weighted by atomic mass is 16.4. The van der Waals surface area contributed by atoms with Crippen molar-refractivity contribution in [2.24, 2.45) is 0 Å². The first-order chi connectivity index (χ1) is 7.18. The normalized spacial score (nSPS) is 25.5. The average molecular weight is 209 g/mol. The van der Waals surface area contributed by atoms with E-state index in [1.54, 1.807) is 17.2 Å². The average Bonchev–Trinajstić information content (AvgIpc) is 2.62. The van der Waals surface area contributed by atoms with Crippen LogP contribution in [0, 0.1) is 0 Å². The zero-order valence-corrected chi connectivity index (χ0v) is 7.95. The Morgan fingerprint density at radius 2 is 2.40 bits per heavy atom. The van der Waals surface area contributed by atoms with Gasteiger partial charge >= 0.3 is 5.97 Å². The first kappa shape index (κ1) is 9.85. The Hall–Kier alpha value is -1.69. The minimum absolute atomic E-state index is 0.235. The second-order valence-corrected chi connectivity index (χ2v) is 3.46. The van der Waals surface area contributed by atoms with Crippen LogP contribution in [0.3, 0.4) is 0 Å². The molecule has 0 aromatic carbocycles. The van der Waals surface area contributed by atoms with E-state index in [-0.39, 0.29) is 6.42 Å². The highest BCUT2D eigenvalue weighted by molar-refractivity contribution is 5.78. The minimum Gasteiger partial charge on any atom is -0.480 e. The Morgan fingerprint density at radius 1 is 1.60 bits per heavy atom. The fourth-order valence-electron chi connectivity index (χ4n) is 1.75. The van der Waals surface area contributed by atoms with Gasteiger partial charge in [-0.25, -0.2) is 14.8 Å².